The van der Waals surface area contributed by atoms with Gasteiger partial charge < -0.3 is 10.1 Å². The zero-order valence-electron chi connectivity index (χ0n) is 13.7. The molecule has 2 atom stereocenters. The second kappa shape index (κ2) is 7.58. The van der Waals surface area contributed by atoms with Gasteiger partial charge in [-0.1, -0.05) is 35.9 Å². The Morgan fingerprint density at radius 2 is 1.96 bits per heavy atom. The minimum absolute atomic E-state index is 0.0726. The van der Waals surface area contributed by atoms with Crippen molar-refractivity contribution in [1.82, 2.24) is 5.32 Å². The Labute approximate surface area is 154 Å². The van der Waals surface area contributed by atoms with Crippen LogP contribution in [0.15, 0.2) is 48.5 Å². The molecule has 3 rings (SSSR count). The van der Waals surface area contributed by atoms with Crippen LogP contribution in [0.5, 0.6) is 5.75 Å². The molecule has 0 aliphatic heterocycles. The minimum atomic E-state index is -4.38. The molecule has 1 fully saturated rings. The van der Waals surface area contributed by atoms with Gasteiger partial charge in [-0.05, 0) is 47.7 Å². The molecule has 2 aromatic rings. The number of benzene rings is 2. The highest BCUT2D eigenvalue weighted by Gasteiger charge is 2.43. The third kappa shape index (κ3) is 5.14. The lowest BCUT2D eigenvalue weighted by Gasteiger charge is -2.11. The highest BCUT2D eigenvalue weighted by atomic mass is 35.5. The smallest absolute Gasteiger partial charge is 0.422 e. The van der Waals surface area contributed by atoms with Gasteiger partial charge in [0.05, 0.1) is 0 Å². The van der Waals surface area contributed by atoms with Crippen LogP contribution in [0, 0.1) is 5.92 Å². The number of ether oxygens (including phenoxy) is 1. The molecule has 138 valence electrons. The second-order valence-electron chi connectivity index (χ2n) is 6.27. The first-order chi connectivity index (χ1) is 12.3. The van der Waals surface area contributed by atoms with E-state index in [0.717, 1.165) is 12.0 Å². The number of alkyl halides is 3. The Bertz CT molecular complexity index is 794. The van der Waals surface area contributed by atoms with E-state index in [0.29, 0.717) is 10.6 Å². The van der Waals surface area contributed by atoms with Gasteiger partial charge >= 0.3 is 6.18 Å². The molecule has 0 radical (unpaired) electrons. The maximum atomic E-state index is 12.3. The standard InChI is InChI=1S/C19H17ClF3NO2/c20-14-5-2-4-13(8-14)16-9-17(16)18(25)24-10-12-3-1-6-15(7-12)26-11-19(21,22)23/h1-8,16-17H,9-11H2,(H,24,25). The van der Waals surface area contributed by atoms with E-state index in [9.17, 15) is 18.0 Å². The van der Waals surface area contributed by atoms with Crippen molar-refractivity contribution >= 4 is 17.5 Å². The molecule has 7 heteroatoms. The van der Waals surface area contributed by atoms with Gasteiger partial charge in [0, 0.05) is 17.5 Å². The Kier molecular flexibility index (Phi) is 5.41. The number of halogens is 4. The molecule has 0 spiro atoms. The van der Waals surface area contributed by atoms with Gasteiger partial charge in [0.1, 0.15) is 5.75 Å². The van der Waals surface area contributed by atoms with Crippen LogP contribution >= 0.6 is 11.6 Å². The molecule has 3 nitrogen and oxygen atoms in total. The van der Waals surface area contributed by atoms with E-state index < -0.39 is 12.8 Å². The van der Waals surface area contributed by atoms with Crippen LogP contribution in [-0.2, 0) is 11.3 Å². The van der Waals surface area contributed by atoms with Crippen molar-refractivity contribution < 1.29 is 22.7 Å². The summed E-state index contributed by atoms with van der Waals surface area (Å²) >= 11 is 5.97. The molecule has 1 N–H and O–H groups in total. The van der Waals surface area contributed by atoms with E-state index in [2.05, 4.69) is 5.32 Å². The predicted molar refractivity (Wildman–Crippen MR) is 92.1 cm³/mol. The summed E-state index contributed by atoms with van der Waals surface area (Å²) < 4.78 is 41.3. The molecule has 0 heterocycles. The van der Waals surface area contributed by atoms with Crippen molar-refractivity contribution in [2.24, 2.45) is 5.92 Å². The van der Waals surface area contributed by atoms with Crippen molar-refractivity contribution in [3.8, 4) is 5.75 Å². The molecule has 0 aromatic heterocycles. The molecule has 1 aliphatic rings. The van der Waals surface area contributed by atoms with E-state index >= 15 is 0 Å². The van der Waals surface area contributed by atoms with Crippen molar-refractivity contribution in [3.05, 3.63) is 64.7 Å². The molecule has 2 unspecified atom stereocenters. The Morgan fingerprint density at radius 3 is 2.69 bits per heavy atom. The fourth-order valence-electron chi connectivity index (χ4n) is 2.82. The van der Waals surface area contributed by atoms with Crippen molar-refractivity contribution in [2.45, 2.75) is 25.1 Å². The van der Waals surface area contributed by atoms with E-state index in [1.165, 1.54) is 12.1 Å². The van der Waals surface area contributed by atoms with Gasteiger partial charge in [0.2, 0.25) is 5.91 Å². The van der Waals surface area contributed by atoms with Crippen LogP contribution in [-0.4, -0.2) is 18.7 Å². The summed E-state index contributed by atoms with van der Waals surface area (Å²) in [7, 11) is 0. The fraction of sp³-hybridized carbons (Fsp3) is 0.316. The first-order valence-corrected chi connectivity index (χ1v) is 8.51. The SMILES string of the molecule is O=C(NCc1cccc(OCC(F)(F)F)c1)C1CC1c1cccc(Cl)c1. The van der Waals surface area contributed by atoms with Crippen molar-refractivity contribution in [3.63, 3.8) is 0 Å². The summed E-state index contributed by atoms with van der Waals surface area (Å²) in [5, 5.41) is 3.47. The molecular formula is C19H17ClF3NO2. The molecular weight excluding hydrogens is 367 g/mol. The van der Waals surface area contributed by atoms with Crippen molar-refractivity contribution in [1.29, 1.82) is 0 Å². The third-order valence-corrected chi connectivity index (χ3v) is 4.41. The highest BCUT2D eigenvalue weighted by Crippen LogP contribution is 2.47. The number of rotatable bonds is 6. The van der Waals surface area contributed by atoms with E-state index in [1.54, 1.807) is 18.2 Å². The number of hydrogen-bond acceptors (Lipinski definition) is 2. The lowest BCUT2D eigenvalue weighted by molar-refractivity contribution is -0.153. The van der Waals surface area contributed by atoms with Gasteiger partial charge in [-0.15, -0.1) is 0 Å². The maximum Gasteiger partial charge on any atom is 0.422 e. The Balaban J connectivity index is 1.51. The van der Waals surface area contributed by atoms with Crippen LogP contribution in [0.1, 0.15) is 23.5 Å². The van der Waals surface area contributed by atoms with Gasteiger partial charge in [-0.25, -0.2) is 0 Å². The normalized spacial score (nSPS) is 19.1. The highest BCUT2D eigenvalue weighted by molar-refractivity contribution is 6.30. The third-order valence-electron chi connectivity index (χ3n) is 4.17. The summed E-state index contributed by atoms with van der Waals surface area (Å²) in [6, 6.07) is 13.7. The van der Waals surface area contributed by atoms with Crippen LogP contribution in [0.2, 0.25) is 5.02 Å². The van der Waals surface area contributed by atoms with E-state index in [-0.39, 0.29) is 30.0 Å². The minimum Gasteiger partial charge on any atom is -0.484 e. The fourth-order valence-corrected chi connectivity index (χ4v) is 3.02. The van der Waals surface area contributed by atoms with Gasteiger partial charge in [0.25, 0.3) is 0 Å². The number of hydrogen-bond donors (Lipinski definition) is 1. The maximum absolute atomic E-state index is 12.3. The predicted octanol–water partition coefficient (Wildman–Crippen LogP) is 4.70. The quantitative estimate of drug-likeness (QED) is 0.785. The topological polar surface area (TPSA) is 38.3 Å². The number of amides is 1. The summed E-state index contributed by atoms with van der Waals surface area (Å²) in [4.78, 5) is 12.3. The Morgan fingerprint density at radius 1 is 1.19 bits per heavy atom. The van der Waals surface area contributed by atoms with Gasteiger partial charge in [0.15, 0.2) is 6.61 Å². The molecule has 1 aliphatic carbocycles. The summed E-state index contributed by atoms with van der Waals surface area (Å²) in [5.41, 5.74) is 1.72. The average Bonchev–Trinajstić information content (AvgIpc) is 3.39. The summed E-state index contributed by atoms with van der Waals surface area (Å²) in [6.07, 6.45) is -3.62. The van der Waals surface area contributed by atoms with Crippen molar-refractivity contribution in [2.75, 3.05) is 6.61 Å². The van der Waals surface area contributed by atoms with Crippen LogP contribution < -0.4 is 10.1 Å². The zero-order valence-corrected chi connectivity index (χ0v) is 14.5. The molecule has 0 saturated heterocycles. The van der Waals surface area contributed by atoms with Crippen LogP contribution in [0.4, 0.5) is 13.2 Å². The zero-order chi connectivity index (χ0) is 18.7. The molecule has 1 amide bonds. The second-order valence-corrected chi connectivity index (χ2v) is 6.71. The van der Waals surface area contributed by atoms with E-state index in [4.69, 9.17) is 16.3 Å². The molecule has 1 saturated carbocycles. The lowest BCUT2D eigenvalue weighted by Crippen LogP contribution is -2.25. The van der Waals surface area contributed by atoms with Gasteiger partial charge in [-0.2, -0.15) is 13.2 Å². The van der Waals surface area contributed by atoms with Gasteiger partial charge in [-0.3, -0.25) is 4.79 Å². The first-order valence-electron chi connectivity index (χ1n) is 8.13. The largest absolute Gasteiger partial charge is 0.484 e. The molecule has 2 aromatic carbocycles. The molecule has 0 bridgehead atoms. The summed E-state index contributed by atoms with van der Waals surface area (Å²) in [6.45, 7) is -1.10. The summed E-state index contributed by atoms with van der Waals surface area (Å²) in [5.74, 6) is 0.113. The monoisotopic (exact) mass is 383 g/mol. The number of carbonyl (C=O) groups is 1. The lowest BCUT2D eigenvalue weighted by atomic mass is 10.1. The first kappa shape index (κ1) is 18.6. The number of carbonyl (C=O) groups excluding carboxylic acids is 1. The number of nitrogens with one attached hydrogen (secondary N) is 1. The van der Waals surface area contributed by atoms with Crippen LogP contribution in [0.25, 0.3) is 0 Å². The Hall–Kier alpha value is -2.21. The van der Waals surface area contributed by atoms with E-state index in [1.807, 2.05) is 18.2 Å². The molecule has 26 heavy (non-hydrogen) atoms. The van der Waals surface area contributed by atoms with Crippen LogP contribution in [0.3, 0.4) is 0 Å². The average molecular weight is 384 g/mol.